The van der Waals surface area contributed by atoms with Crippen LogP contribution in [0.5, 0.6) is 0 Å². The first-order valence-corrected chi connectivity index (χ1v) is 21.3. The molecule has 0 aromatic heterocycles. The Morgan fingerprint density at radius 2 is 1.10 bits per heavy atom. The Kier molecular flexibility index (Phi) is 35.8. The normalized spacial score (nSPS) is 14.0. The molecule has 0 bridgehead atoms. The fraction of sp³-hybridized carbons (Fsp3) is 0.707. The van der Waals surface area contributed by atoms with Crippen molar-refractivity contribution in [3.05, 3.63) is 60.8 Å². The average molecular weight is 738 g/mol. The third-order valence-electron chi connectivity index (χ3n) is 7.98. The lowest BCUT2D eigenvalue weighted by molar-refractivity contribution is -0.161. The van der Waals surface area contributed by atoms with Gasteiger partial charge in [0.15, 0.2) is 6.10 Å². The van der Waals surface area contributed by atoms with Crippen LogP contribution >= 0.6 is 7.82 Å². The molecule has 0 rings (SSSR count). The molecule has 294 valence electrons. The predicted molar refractivity (Wildman–Crippen MR) is 210 cm³/mol. The van der Waals surface area contributed by atoms with Crippen molar-refractivity contribution in [3.63, 3.8) is 0 Å². The molecule has 10 heteroatoms. The summed E-state index contributed by atoms with van der Waals surface area (Å²) in [5.41, 5.74) is 5.33. The van der Waals surface area contributed by atoms with E-state index in [0.29, 0.717) is 12.8 Å². The highest BCUT2D eigenvalue weighted by molar-refractivity contribution is 7.47. The third kappa shape index (κ3) is 37.3. The predicted octanol–water partition coefficient (Wildman–Crippen LogP) is 10.9. The van der Waals surface area contributed by atoms with Gasteiger partial charge in [0, 0.05) is 19.4 Å². The number of carbonyl (C=O) groups is 2. The number of phosphoric acid groups is 1. The van der Waals surface area contributed by atoms with Crippen molar-refractivity contribution in [2.45, 2.75) is 161 Å². The molecule has 0 aromatic rings. The molecule has 0 spiro atoms. The van der Waals surface area contributed by atoms with Crippen LogP contribution in [-0.4, -0.2) is 49.3 Å². The smallest absolute Gasteiger partial charge is 0.462 e. The molecule has 3 N–H and O–H groups in total. The van der Waals surface area contributed by atoms with Crippen LogP contribution < -0.4 is 5.73 Å². The standard InChI is InChI=1S/C41H72NO8P/c1-3-5-7-9-11-13-15-17-19-21-23-25-27-29-31-33-40(43)47-37-39(38-49-51(45,46)48-36-35-42)50-41(44)34-32-30-28-26-24-22-20-18-16-14-12-10-8-6-4-2/h6,8,10,12,14,16,18,20,23,25,39H,3-5,7,9,11,13,15,17,19,21-22,24,26-38,42H2,1-2H3,(H,45,46)/b8-6+,12-10+,16-14+,20-18+,25-23+/t39-/m1/s1. The molecule has 0 aliphatic carbocycles. The lowest BCUT2D eigenvalue weighted by Gasteiger charge is -2.19. The van der Waals surface area contributed by atoms with Crippen LogP contribution in [-0.2, 0) is 32.7 Å². The topological polar surface area (TPSA) is 134 Å². The van der Waals surface area contributed by atoms with E-state index in [9.17, 15) is 19.0 Å². The van der Waals surface area contributed by atoms with E-state index in [-0.39, 0.29) is 32.6 Å². The Morgan fingerprint density at radius 3 is 1.71 bits per heavy atom. The largest absolute Gasteiger partial charge is 0.472 e. The number of hydrogen-bond donors (Lipinski definition) is 2. The van der Waals surface area contributed by atoms with Gasteiger partial charge in [-0.15, -0.1) is 0 Å². The SMILES string of the molecule is CC/C=C/C=C/C=C/C=C/CCCCCCCC(=O)O[C@H](COC(=O)CCCC/C=C/CCCCCCCCCCC)COP(=O)(O)OCCN. The molecule has 0 saturated heterocycles. The summed E-state index contributed by atoms with van der Waals surface area (Å²) < 4.78 is 32.6. The van der Waals surface area contributed by atoms with Gasteiger partial charge >= 0.3 is 19.8 Å². The van der Waals surface area contributed by atoms with Gasteiger partial charge in [0.1, 0.15) is 6.61 Å². The maximum Gasteiger partial charge on any atom is 0.472 e. The number of hydrogen-bond acceptors (Lipinski definition) is 8. The minimum absolute atomic E-state index is 0.0440. The summed E-state index contributed by atoms with van der Waals surface area (Å²) in [5.74, 6) is -0.887. The molecule has 0 amide bonds. The Balaban J connectivity index is 4.29. The van der Waals surface area contributed by atoms with Crippen LogP contribution in [0, 0.1) is 0 Å². The van der Waals surface area contributed by atoms with Gasteiger partial charge in [-0.05, 0) is 57.8 Å². The number of carbonyl (C=O) groups excluding carboxylic acids is 2. The van der Waals surface area contributed by atoms with E-state index < -0.39 is 32.5 Å². The van der Waals surface area contributed by atoms with Crippen molar-refractivity contribution in [1.82, 2.24) is 0 Å². The van der Waals surface area contributed by atoms with Crippen molar-refractivity contribution >= 4 is 19.8 Å². The third-order valence-corrected chi connectivity index (χ3v) is 8.97. The van der Waals surface area contributed by atoms with Gasteiger partial charge < -0.3 is 20.1 Å². The van der Waals surface area contributed by atoms with Gasteiger partial charge in [-0.2, -0.15) is 0 Å². The first kappa shape index (κ1) is 48.7. The number of phosphoric ester groups is 1. The first-order chi connectivity index (χ1) is 24.8. The molecular weight excluding hydrogens is 665 g/mol. The summed E-state index contributed by atoms with van der Waals surface area (Å²) in [4.78, 5) is 34.7. The number of unbranched alkanes of at least 4 members (excludes halogenated alkanes) is 16. The molecule has 9 nitrogen and oxygen atoms in total. The van der Waals surface area contributed by atoms with Gasteiger partial charge in [-0.25, -0.2) is 4.57 Å². The maximum atomic E-state index is 12.5. The highest BCUT2D eigenvalue weighted by atomic mass is 31.2. The van der Waals surface area contributed by atoms with Crippen LogP contribution in [0.1, 0.15) is 155 Å². The van der Waals surface area contributed by atoms with Gasteiger partial charge in [0.25, 0.3) is 0 Å². The van der Waals surface area contributed by atoms with Gasteiger partial charge in [-0.3, -0.25) is 18.6 Å². The molecule has 2 atom stereocenters. The van der Waals surface area contributed by atoms with Crippen molar-refractivity contribution in [3.8, 4) is 0 Å². The Labute approximate surface area is 310 Å². The second-order valence-electron chi connectivity index (χ2n) is 12.9. The van der Waals surface area contributed by atoms with Crippen molar-refractivity contribution in [2.75, 3.05) is 26.4 Å². The molecule has 0 saturated carbocycles. The van der Waals surface area contributed by atoms with Gasteiger partial charge in [0.2, 0.25) is 0 Å². The van der Waals surface area contributed by atoms with Gasteiger partial charge in [-0.1, -0.05) is 145 Å². The van der Waals surface area contributed by atoms with Crippen LogP contribution in [0.25, 0.3) is 0 Å². The summed E-state index contributed by atoms with van der Waals surface area (Å²) in [6.07, 6.45) is 42.5. The van der Waals surface area contributed by atoms with Crippen LogP contribution in [0.4, 0.5) is 0 Å². The number of esters is 2. The number of nitrogens with two attached hydrogens (primary N) is 1. The first-order valence-electron chi connectivity index (χ1n) is 19.8. The zero-order chi connectivity index (χ0) is 37.5. The molecular formula is C41H72NO8P. The number of ether oxygens (including phenoxy) is 2. The number of rotatable bonds is 36. The minimum atomic E-state index is -4.39. The van der Waals surface area contributed by atoms with Crippen molar-refractivity contribution in [1.29, 1.82) is 0 Å². The van der Waals surface area contributed by atoms with E-state index in [1.165, 1.54) is 57.8 Å². The molecule has 0 fully saturated rings. The molecule has 0 heterocycles. The quantitative estimate of drug-likeness (QED) is 0.0212. The van der Waals surface area contributed by atoms with Crippen molar-refractivity contribution in [2.24, 2.45) is 5.73 Å². The van der Waals surface area contributed by atoms with E-state index >= 15 is 0 Å². The van der Waals surface area contributed by atoms with E-state index in [1.54, 1.807) is 0 Å². The minimum Gasteiger partial charge on any atom is -0.462 e. The lowest BCUT2D eigenvalue weighted by Crippen LogP contribution is -2.29. The Hall–Kier alpha value is -2.29. The molecule has 51 heavy (non-hydrogen) atoms. The van der Waals surface area contributed by atoms with E-state index in [0.717, 1.165) is 57.8 Å². The highest BCUT2D eigenvalue weighted by Crippen LogP contribution is 2.43. The molecule has 0 aliphatic rings. The second-order valence-corrected chi connectivity index (χ2v) is 14.3. The fourth-order valence-corrected chi connectivity index (χ4v) is 5.81. The zero-order valence-electron chi connectivity index (χ0n) is 32.1. The number of allylic oxidation sites excluding steroid dienone is 10. The lowest BCUT2D eigenvalue weighted by atomic mass is 10.1. The van der Waals surface area contributed by atoms with E-state index in [1.807, 2.05) is 30.4 Å². The molecule has 0 aromatic carbocycles. The molecule has 1 unspecified atom stereocenters. The van der Waals surface area contributed by atoms with Crippen molar-refractivity contribution < 1.29 is 37.6 Å². The Morgan fingerprint density at radius 1 is 0.608 bits per heavy atom. The van der Waals surface area contributed by atoms with Crippen LogP contribution in [0.15, 0.2) is 60.8 Å². The van der Waals surface area contributed by atoms with Gasteiger partial charge in [0.05, 0.1) is 13.2 Å². The summed E-state index contributed by atoms with van der Waals surface area (Å²) in [6.45, 7) is 3.52. The summed E-state index contributed by atoms with van der Waals surface area (Å²) in [5, 5.41) is 0. The average Bonchev–Trinajstić information content (AvgIpc) is 3.11. The second kappa shape index (κ2) is 37.5. The highest BCUT2D eigenvalue weighted by Gasteiger charge is 2.25. The molecule has 0 aliphatic heterocycles. The summed E-state index contributed by atoms with van der Waals surface area (Å²) >= 11 is 0. The monoisotopic (exact) mass is 737 g/mol. The maximum absolute atomic E-state index is 12.5. The molecule has 0 radical (unpaired) electrons. The Bertz CT molecular complexity index is 1020. The zero-order valence-corrected chi connectivity index (χ0v) is 33.0. The fourth-order valence-electron chi connectivity index (χ4n) is 5.05. The summed E-state index contributed by atoms with van der Waals surface area (Å²) in [6, 6.07) is 0. The van der Waals surface area contributed by atoms with Crippen LogP contribution in [0.2, 0.25) is 0 Å². The van der Waals surface area contributed by atoms with Crippen LogP contribution in [0.3, 0.4) is 0 Å². The summed E-state index contributed by atoms with van der Waals surface area (Å²) in [7, 11) is -4.39. The van der Waals surface area contributed by atoms with E-state index in [2.05, 4.69) is 44.2 Å². The van der Waals surface area contributed by atoms with E-state index in [4.69, 9.17) is 24.3 Å².